The van der Waals surface area contributed by atoms with Crippen LogP contribution in [-0.4, -0.2) is 23.2 Å². The first kappa shape index (κ1) is 29.0. The van der Waals surface area contributed by atoms with Gasteiger partial charge in [0.25, 0.3) is 0 Å². The van der Waals surface area contributed by atoms with Crippen molar-refractivity contribution in [2.45, 2.75) is 36.0 Å². The van der Waals surface area contributed by atoms with E-state index in [2.05, 4.69) is 14.9 Å². The number of hydrogen-bond donors (Lipinski definition) is 1. The Morgan fingerprint density at radius 2 is 1.54 bits per heavy atom. The Labute approximate surface area is 248 Å². The van der Waals surface area contributed by atoms with Crippen LogP contribution in [0.15, 0.2) is 108 Å². The molecule has 0 bridgehead atoms. The summed E-state index contributed by atoms with van der Waals surface area (Å²) in [7, 11) is -3.77. The number of aromatic nitrogens is 3. The number of halogens is 2. The van der Waals surface area contributed by atoms with Gasteiger partial charge in [0.15, 0.2) is 11.0 Å². The van der Waals surface area contributed by atoms with E-state index in [-0.39, 0.29) is 11.6 Å². The third-order valence-electron chi connectivity index (χ3n) is 6.47. The second-order valence-corrected chi connectivity index (χ2v) is 12.8. The molecule has 1 heterocycles. The maximum atomic E-state index is 13.5. The number of benzene rings is 4. The second kappa shape index (κ2) is 13.0. The fourth-order valence-electron chi connectivity index (χ4n) is 4.47. The fourth-order valence-corrected chi connectivity index (χ4v) is 6.88. The average molecular weight is 607 g/mol. The van der Waals surface area contributed by atoms with Gasteiger partial charge in [0, 0.05) is 10.8 Å². The third-order valence-corrected chi connectivity index (χ3v) is 9.06. The van der Waals surface area contributed by atoms with Crippen molar-refractivity contribution in [1.82, 2.24) is 19.5 Å². The number of aryl methyl sites for hydroxylation is 1. The number of hydrogen-bond acceptors (Lipinski definition) is 5. The zero-order chi connectivity index (χ0) is 28.8. The summed E-state index contributed by atoms with van der Waals surface area (Å²) >= 11 is 7.85. The minimum Gasteiger partial charge on any atom is -0.272 e. The molecule has 4 aromatic carbocycles. The SMILES string of the molecule is Cc1ccc(Cl)cc1-n1c(SCc2ccc(F)cc2)nnc1C(Cc1ccccc1)NS(=O)(=O)Cc1ccccc1. The van der Waals surface area contributed by atoms with Crippen molar-refractivity contribution in [3.8, 4) is 5.69 Å². The quantitative estimate of drug-likeness (QED) is 0.163. The molecule has 0 aliphatic heterocycles. The minimum absolute atomic E-state index is 0.171. The summed E-state index contributed by atoms with van der Waals surface area (Å²) in [6.45, 7) is 1.95. The summed E-state index contributed by atoms with van der Waals surface area (Å²) in [6, 6.07) is 29.8. The maximum Gasteiger partial charge on any atom is 0.216 e. The van der Waals surface area contributed by atoms with Crippen LogP contribution in [0.1, 0.15) is 34.1 Å². The highest BCUT2D eigenvalue weighted by atomic mass is 35.5. The summed E-state index contributed by atoms with van der Waals surface area (Å²) in [5, 5.41) is 10.1. The molecule has 1 unspecified atom stereocenters. The highest BCUT2D eigenvalue weighted by Gasteiger charge is 2.28. The standard InChI is InChI=1S/C31H28ClFN4O2S2/c1-22-12-15-26(32)19-29(22)37-30(34-35-31(37)40-20-24-13-16-27(33)17-14-24)28(18-23-8-4-2-5-9-23)36-41(38,39)21-25-10-6-3-7-11-25/h2-17,19,28,36H,18,20-21H2,1H3. The van der Waals surface area contributed by atoms with Gasteiger partial charge in [0.1, 0.15) is 5.82 Å². The van der Waals surface area contributed by atoms with Crippen LogP contribution in [-0.2, 0) is 27.9 Å². The zero-order valence-corrected chi connectivity index (χ0v) is 24.6. The largest absolute Gasteiger partial charge is 0.272 e. The van der Waals surface area contributed by atoms with Gasteiger partial charge < -0.3 is 0 Å². The number of nitrogens with zero attached hydrogens (tertiary/aromatic N) is 3. The number of rotatable bonds is 11. The first-order valence-corrected chi connectivity index (χ1v) is 16.0. The van der Waals surface area contributed by atoms with E-state index in [1.807, 2.05) is 72.2 Å². The van der Waals surface area contributed by atoms with Crippen molar-refractivity contribution in [1.29, 1.82) is 0 Å². The molecule has 0 saturated carbocycles. The summed E-state index contributed by atoms with van der Waals surface area (Å²) in [4.78, 5) is 0. The molecule has 210 valence electrons. The zero-order valence-electron chi connectivity index (χ0n) is 22.2. The molecule has 0 amide bonds. The van der Waals surface area contributed by atoms with Crippen LogP contribution in [0.4, 0.5) is 4.39 Å². The van der Waals surface area contributed by atoms with Crippen LogP contribution in [0.2, 0.25) is 5.02 Å². The lowest BCUT2D eigenvalue weighted by molar-refractivity contribution is 0.536. The van der Waals surface area contributed by atoms with Gasteiger partial charge in [-0.05, 0) is 59.9 Å². The fraction of sp³-hybridized carbons (Fsp3) is 0.161. The summed E-state index contributed by atoms with van der Waals surface area (Å²) < 4.78 is 45.2. The van der Waals surface area contributed by atoms with Gasteiger partial charge in [-0.25, -0.2) is 17.5 Å². The summed E-state index contributed by atoms with van der Waals surface area (Å²) in [6.07, 6.45) is 0.356. The Morgan fingerprint density at radius 3 is 2.22 bits per heavy atom. The Balaban J connectivity index is 1.56. The van der Waals surface area contributed by atoms with Crippen molar-refractivity contribution < 1.29 is 12.8 Å². The first-order valence-electron chi connectivity index (χ1n) is 12.9. The van der Waals surface area contributed by atoms with E-state index in [4.69, 9.17) is 11.6 Å². The van der Waals surface area contributed by atoms with Crippen molar-refractivity contribution >= 4 is 33.4 Å². The Kier molecular flexibility index (Phi) is 9.19. The summed E-state index contributed by atoms with van der Waals surface area (Å²) in [5.41, 5.74) is 4.21. The lowest BCUT2D eigenvalue weighted by Gasteiger charge is -2.21. The molecule has 0 saturated heterocycles. The van der Waals surface area contributed by atoms with E-state index in [9.17, 15) is 12.8 Å². The smallest absolute Gasteiger partial charge is 0.216 e. The first-order chi connectivity index (χ1) is 19.8. The van der Waals surface area contributed by atoms with Crippen molar-refractivity contribution in [2.24, 2.45) is 0 Å². The van der Waals surface area contributed by atoms with Gasteiger partial charge in [-0.3, -0.25) is 4.57 Å². The Hall–Kier alpha value is -3.50. The van der Waals surface area contributed by atoms with Crippen LogP contribution in [0.3, 0.4) is 0 Å². The number of nitrogens with one attached hydrogen (secondary N) is 1. The molecule has 10 heteroatoms. The van der Waals surface area contributed by atoms with E-state index < -0.39 is 16.1 Å². The van der Waals surface area contributed by atoms with Crippen LogP contribution < -0.4 is 4.72 Å². The lowest BCUT2D eigenvalue weighted by Crippen LogP contribution is -2.33. The second-order valence-electron chi connectivity index (χ2n) is 9.63. The molecule has 0 spiro atoms. The highest BCUT2D eigenvalue weighted by molar-refractivity contribution is 7.98. The monoisotopic (exact) mass is 606 g/mol. The van der Waals surface area contributed by atoms with E-state index in [0.717, 1.165) is 22.4 Å². The molecule has 5 rings (SSSR count). The number of sulfonamides is 1. The molecule has 0 aliphatic carbocycles. The number of thioether (sulfide) groups is 1. The Bertz CT molecular complexity index is 1710. The topological polar surface area (TPSA) is 76.9 Å². The van der Waals surface area contributed by atoms with E-state index in [1.54, 1.807) is 30.3 Å². The Morgan fingerprint density at radius 1 is 0.878 bits per heavy atom. The van der Waals surface area contributed by atoms with E-state index in [1.165, 1.54) is 23.9 Å². The third kappa shape index (κ3) is 7.62. The van der Waals surface area contributed by atoms with E-state index >= 15 is 0 Å². The minimum atomic E-state index is -3.77. The molecule has 1 N–H and O–H groups in total. The summed E-state index contributed by atoms with van der Waals surface area (Å²) in [5.74, 6) is 0.485. The van der Waals surface area contributed by atoms with Gasteiger partial charge in [-0.1, -0.05) is 102 Å². The van der Waals surface area contributed by atoms with Crippen LogP contribution in [0, 0.1) is 12.7 Å². The van der Waals surface area contributed by atoms with Crippen molar-refractivity contribution in [3.05, 3.63) is 142 Å². The molecular weight excluding hydrogens is 579 g/mol. The molecule has 41 heavy (non-hydrogen) atoms. The molecular formula is C31H28ClFN4O2S2. The normalized spacial score (nSPS) is 12.4. The highest BCUT2D eigenvalue weighted by Crippen LogP contribution is 2.32. The van der Waals surface area contributed by atoms with Crippen LogP contribution in [0.5, 0.6) is 0 Å². The van der Waals surface area contributed by atoms with E-state index in [0.29, 0.717) is 33.7 Å². The van der Waals surface area contributed by atoms with Crippen LogP contribution >= 0.6 is 23.4 Å². The predicted octanol–water partition coefficient (Wildman–Crippen LogP) is 7.06. The molecule has 0 fully saturated rings. The molecule has 5 aromatic rings. The molecule has 0 radical (unpaired) electrons. The lowest BCUT2D eigenvalue weighted by atomic mass is 10.1. The van der Waals surface area contributed by atoms with Gasteiger partial charge in [0.2, 0.25) is 10.0 Å². The van der Waals surface area contributed by atoms with Gasteiger partial charge in [0.05, 0.1) is 17.5 Å². The molecule has 1 atom stereocenters. The van der Waals surface area contributed by atoms with Gasteiger partial charge in [-0.15, -0.1) is 10.2 Å². The van der Waals surface area contributed by atoms with Crippen molar-refractivity contribution in [2.75, 3.05) is 0 Å². The molecule has 6 nitrogen and oxygen atoms in total. The molecule has 0 aliphatic rings. The van der Waals surface area contributed by atoms with Gasteiger partial charge in [-0.2, -0.15) is 0 Å². The molecule has 1 aromatic heterocycles. The maximum absolute atomic E-state index is 13.5. The van der Waals surface area contributed by atoms with Crippen molar-refractivity contribution in [3.63, 3.8) is 0 Å². The van der Waals surface area contributed by atoms with Gasteiger partial charge >= 0.3 is 0 Å². The average Bonchev–Trinajstić information content (AvgIpc) is 3.38. The predicted molar refractivity (Wildman–Crippen MR) is 162 cm³/mol. The van der Waals surface area contributed by atoms with Crippen LogP contribution in [0.25, 0.3) is 5.69 Å².